The molecule has 6 nitrogen and oxygen atoms in total. The fourth-order valence-electron chi connectivity index (χ4n) is 1.40. The van der Waals surface area contributed by atoms with Gasteiger partial charge >= 0.3 is 0 Å². The van der Waals surface area contributed by atoms with Crippen molar-refractivity contribution in [2.24, 2.45) is 0 Å². The second kappa shape index (κ2) is 6.25. The highest BCUT2D eigenvalue weighted by Gasteiger charge is 2.38. The highest BCUT2D eigenvalue weighted by molar-refractivity contribution is 9.11. The number of carbonyl (C=O) groups excluding carboxylic acids is 4. The Bertz CT molecular complexity index is 592. The molecule has 2 aliphatic heterocycles. The van der Waals surface area contributed by atoms with E-state index in [0.29, 0.717) is 0 Å². The molecule has 0 N–H and O–H groups in total. The van der Waals surface area contributed by atoms with E-state index in [-0.39, 0.29) is 19.9 Å². The van der Waals surface area contributed by atoms with Gasteiger partial charge in [-0.2, -0.15) is 0 Å². The predicted octanol–water partition coefficient (Wildman–Crippen LogP) is 1.91. The van der Waals surface area contributed by atoms with E-state index in [1.807, 2.05) is 0 Å². The van der Waals surface area contributed by atoms with Crippen LogP contribution < -0.4 is 0 Å². The Balaban J connectivity index is 2.03. The van der Waals surface area contributed by atoms with Crippen LogP contribution in [0.4, 0.5) is 0 Å². The van der Waals surface area contributed by atoms with Crippen LogP contribution in [0.3, 0.4) is 0 Å². The monoisotopic (exact) mass is 384 g/mol. The SMILES string of the molecule is CN1C(=O)C(Cl)=C(SSSC2=C(Cl)C(=O)N(C)C2=O)C1=O. The van der Waals surface area contributed by atoms with E-state index in [0.717, 1.165) is 41.2 Å². The van der Waals surface area contributed by atoms with E-state index in [1.165, 1.54) is 14.1 Å². The molecule has 0 saturated heterocycles. The van der Waals surface area contributed by atoms with E-state index >= 15 is 0 Å². The topological polar surface area (TPSA) is 74.8 Å². The number of amides is 4. The lowest BCUT2D eigenvalue weighted by Crippen LogP contribution is -2.26. The van der Waals surface area contributed by atoms with Crippen LogP contribution in [-0.2, 0) is 19.2 Å². The van der Waals surface area contributed by atoms with Crippen molar-refractivity contribution in [2.75, 3.05) is 14.1 Å². The molecular formula is C10H6Cl2N2O4S3. The lowest BCUT2D eigenvalue weighted by atomic mass is 10.5. The molecule has 0 bridgehead atoms. The number of halogens is 2. The van der Waals surface area contributed by atoms with Crippen molar-refractivity contribution in [1.82, 2.24) is 9.80 Å². The number of carbonyl (C=O) groups is 4. The number of likely N-dealkylation sites (N-methyl/N-ethyl adjacent to an activating group) is 2. The van der Waals surface area contributed by atoms with Gasteiger partial charge in [0, 0.05) is 14.1 Å². The number of hydrogen-bond donors (Lipinski definition) is 0. The molecule has 0 aromatic rings. The second-order valence-corrected chi connectivity index (χ2v) is 8.53. The van der Waals surface area contributed by atoms with Crippen molar-refractivity contribution in [3.8, 4) is 0 Å². The van der Waals surface area contributed by atoms with Gasteiger partial charge in [0.1, 0.15) is 19.9 Å². The number of imide groups is 2. The molecule has 4 amide bonds. The maximum absolute atomic E-state index is 11.7. The third-order valence-electron chi connectivity index (χ3n) is 2.62. The first kappa shape index (κ1) is 16.8. The van der Waals surface area contributed by atoms with Crippen molar-refractivity contribution in [3.63, 3.8) is 0 Å². The molecular weight excluding hydrogens is 379 g/mol. The Labute approximate surface area is 141 Å². The quantitative estimate of drug-likeness (QED) is 0.541. The first-order valence-corrected chi connectivity index (χ1v) is 9.46. The average molecular weight is 385 g/mol. The predicted molar refractivity (Wildman–Crippen MR) is 84.1 cm³/mol. The standard InChI is InChI=1S/C10H6Cl2N2O4S3/c1-13-7(15)3(11)5(9(13)17)19-21-20-6-4(12)8(16)14(2)10(6)18/h1-2H3. The minimum absolute atomic E-state index is 0.0866. The van der Waals surface area contributed by atoms with E-state index in [1.54, 1.807) is 0 Å². The maximum atomic E-state index is 11.7. The van der Waals surface area contributed by atoms with E-state index in [2.05, 4.69) is 0 Å². The summed E-state index contributed by atoms with van der Waals surface area (Å²) in [4.78, 5) is 48.4. The lowest BCUT2D eigenvalue weighted by Gasteiger charge is -2.06. The molecule has 0 fully saturated rings. The summed E-state index contributed by atoms with van der Waals surface area (Å²) in [6.07, 6.45) is 0. The summed E-state index contributed by atoms with van der Waals surface area (Å²) in [6, 6.07) is 0. The molecule has 0 radical (unpaired) electrons. The molecule has 21 heavy (non-hydrogen) atoms. The summed E-state index contributed by atoms with van der Waals surface area (Å²) in [5.41, 5.74) is 0. The van der Waals surface area contributed by atoms with Gasteiger partial charge in [-0.3, -0.25) is 29.0 Å². The highest BCUT2D eigenvalue weighted by atomic mass is 35.5. The minimum atomic E-state index is -0.570. The summed E-state index contributed by atoms with van der Waals surface area (Å²) < 4.78 is 0. The smallest absolute Gasteiger partial charge is 0.273 e. The van der Waals surface area contributed by atoms with Gasteiger partial charge in [-0.25, -0.2) is 0 Å². The van der Waals surface area contributed by atoms with Gasteiger partial charge in [0.2, 0.25) is 0 Å². The third-order valence-corrected chi connectivity index (χ3v) is 7.40. The Kier molecular flexibility index (Phi) is 4.99. The zero-order valence-corrected chi connectivity index (χ0v) is 14.5. The molecule has 0 aliphatic carbocycles. The fourth-order valence-corrected chi connectivity index (χ4v) is 6.19. The van der Waals surface area contributed by atoms with Crippen LogP contribution in [0.2, 0.25) is 0 Å². The number of nitrogens with zero attached hydrogens (tertiary/aromatic N) is 2. The van der Waals surface area contributed by atoms with Crippen molar-refractivity contribution in [1.29, 1.82) is 0 Å². The van der Waals surface area contributed by atoms with E-state index in [9.17, 15) is 19.2 Å². The maximum Gasteiger partial charge on any atom is 0.273 e. The second-order valence-electron chi connectivity index (χ2n) is 3.86. The van der Waals surface area contributed by atoms with Crippen molar-refractivity contribution in [3.05, 3.63) is 19.9 Å². The van der Waals surface area contributed by atoms with Crippen molar-refractivity contribution < 1.29 is 19.2 Å². The zero-order valence-electron chi connectivity index (χ0n) is 10.5. The Morgan fingerprint density at radius 3 is 1.29 bits per heavy atom. The Morgan fingerprint density at radius 2 is 1.05 bits per heavy atom. The number of rotatable bonds is 4. The van der Waals surface area contributed by atoms with Crippen molar-refractivity contribution in [2.45, 2.75) is 0 Å². The summed E-state index contributed by atoms with van der Waals surface area (Å²) >= 11 is 11.5. The Morgan fingerprint density at radius 1 is 0.714 bits per heavy atom. The Hall–Kier alpha value is -0.610. The first-order valence-electron chi connectivity index (χ1n) is 5.22. The van der Waals surface area contributed by atoms with Crippen molar-refractivity contribution >= 4 is 78.2 Å². The summed E-state index contributed by atoms with van der Waals surface area (Å²) in [6.45, 7) is 0. The molecule has 0 saturated carbocycles. The van der Waals surface area contributed by atoms with Gasteiger partial charge < -0.3 is 0 Å². The van der Waals surface area contributed by atoms with Crippen LogP contribution in [-0.4, -0.2) is 47.5 Å². The van der Waals surface area contributed by atoms with Crippen LogP contribution >= 0.6 is 54.6 Å². The molecule has 0 spiro atoms. The van der Waals surface area contributed by atoms with Crippen LogP contribution in [0, 0.1) is 0 Å². The minimum Gasteiger partial charge on any atom is -0.276 e. The van der Waals surface area contributed by atoms with Gasteiger partial charge in [-0.1, -0.05) is 23.2 Å². The molecule has 0 atom stereocenters. The molecule has 2 aliphatic rings. The van der Waals surface area contributed by atoms with Crippen LogP contribution in [0.15, 0.2) is 19.9 Å². The molecule has 0 unspecified atom stereocenters. The van der Waals surface area contributed by atoms with Gasteiger partial charge in [0.05, 0.1) is 0 Å². The molecule has 2 rings (SSSR count). The normalized spacial score (nSPS) is 19.8. The first-order chi connectivity index (χ1) is 9.77. The summed E-state index contributed by atoms with van der Waals surface area (Å²) in [5, 5.41) is -0.321. The molecule has 2 heterocycles. The number of hydrogen-bond acceptors (Lipinski definition) is 7. The van der Waals surface area contributed by atoms with Gasteiger partial charge in [-0.15, -0.1) is 0 Å². The fraction of sp³-hybridized carbons (Fsp3) is 0.200. The largest absolute Gasteiger partial charge is 0.276 e. The van der Waals surface area contributed by atoms with Crippen LogP contribution in [0.1, 0.15) is 0 Å². The van der Waals surface area contributed by atoms with Gasteiger partial charge in [-0.05, 0) is 31.4 Å². The van der Waals surface area contributed by atoms with Crippen LogP contribution in [0.5, 0.6) is 0 Å². The molecule has 0 aromatic heterocycles. The van der Waals surface area contributed by atoms with Crippen LogP contribution in [0.25, 0.3) is 0 Å². The third kappa shape index (κ3) is 2.85. The highest BCUT2D eigenvalue weighted by Crippen LogP contribution is 2.49. The van der Waals surface area contributed by atoms with Gasteiger partial charge in [0.15, 0.2) is 0 Å². The summed E-state index contributed by atoms with van der Waals surface area (Å²) in [5.74, 6) is -2.15. The molecule has 112 valence electrons. The zero-order chi connectivity index (χ0) is 15.9. The summed E-state index contributed by atoms with van der Waals surface area (Å²) in [7, 11) is 5.55. The average Bonchev–Trinajstić information content (AvgIpc) is 2.76. The van der Waals surface area contributed by atoms with Gasteiger partial charge in [0.25, 0.3) is 23.6 Å². The molecule has 11 heteroatoms. The van der Waals surface area contributed by atoms with E-state index in [4.69, 9.17) is 23.2 Å². The molecule has 0 aromatic carbocycles. The van der Waals surface area contributed by atoms with E-state index < -0.39 is 23.6 Å². The lowest BCUT2D eigenvalue weighted by molar-refractivity contribution is -0.136.